The Balaban J connectivity index is 2.62. The molecule has 0 saturated carbocycles. The predicted molar refractivity (Wildman–Crippen MR) is 58.6 cm³/mol. The van der Waals surface area contributed by atoms with Gasteiger partial charge >= 0.3 is 0 Å². The summed E-state index contributed by atoms with van der Waals surface area (Å²) in [5.74, 6) is 0. The summed E-state index contributed by atoms with van der Waals surface area (Å²) in [5.41, 5.74) is 0.676. The Morgan fingerprint density at radius 2 is 2.27 bits per heavy atom. The number of aromatic nitrogens is 1. The molecule has 78 valence electrons. The van der Waals surface area contributed by atoms with Crippen molar-refractivity contribution in [1.29, 1.82) is 0 Å². The molecule has 0 aliphatic rings. The second kappa shape index (κ2) is 3.67. The number of nitro groups is 1. The molecule has 1 aromatic heterocycles. The molecule has 1 atom stereocenters. The van der Waals surface area contributed by atoms with Crippen LogP contribution in [0.5, 0.6) is 0 Å². The molecule has 1 heterocycles. The van der Waals surface area contributed by atoms with Crippen molar-refractivity contribution >= 4 is 38.0 Å². The summed E-state index contributed by atoms with van der Waals surface area (Å²) < 4.78 is 12.3. The third kappa shape index (κ3) is 1.88. The van der Waals surface area contributed by atoms with Gasteiger partial charge in [-0.25, -0.2) is 4.98 Å². The zero-order valence-corrected chi connectivity index (χ0v) is 9.30. The number of thiazole rings is 1. The molecule has 5 nitrogen and oxygen atoms in total. The summed E-state index contributed by atoms with van der Waals surface area (Å²) in [6, 6.07) is 4.41. The van der Waals surface area contributed by atoms with E-state index in [0.717, 1.165) is 0 Å². The molecule has 0 aliphatic heterocycles. The van der Waals surface area contributed by atoms with Crippen LogP contribution in [0.25, 0.3) is 10.2 Å². The number of nitrogens with zero attached hydrogens (tertiary/aromatic N) is 2. The first kappa shape index (κ1) is 10.2. The van der Waals surface area contributed by atoms with Crippen LogP contribution < -0.4 is 0 Å². The van der Waals surface area contributed by atoms with Gasteiger partial charge in [-0.1, -0.05) is 0 Å². The van der Waals surface area contributed by atoms with Gasteiger partial charge in [0.25, 0.3) is 5.69 Å². The molecule has 15 heavy (non-hydrogen) atoms. The summed E-state index contributed by atoms with van der Waals surface area (Å²) in [5, 5.41) is 10.5. The van der Waals surface area contributed by atoms with E-state index in [1.54, 1.807) is 6.07 Å². The standard InChI is InChI=1S/C8H6N2O3S2/c1-15(13)8-9-6-3-2-5(10(11)12)4-7(6)14-8/h2-4H,1H3/t15-/m1/s1. The van der Waals surface area contributed by atoms with Crippen LogP contribution in [-0.4, -0.2) is 20.4 Å². The molecule has 0 N–H and O–H groups in total. The lowest BCUT2D eigenvalue weighted by Gasteiger charge is -1.88. The SMILES string of the molecule is C[S@@](=O)c1nc2ccc([N+](=O)[O-])cc2s1. The van der Waals surface area contributed by atoms with Gasteiger partial charge in [-0.3, -0.25) is 14.3 Å². The van der Waals surface area contributed by atoms with Crippen LogP contribution >= 0.6 is 11.3 Å². The van der Waals surface area contributed by atoms with Gasteiger partial charge in [0.2, 0.25) is 0 Å². The van der Waals surface area contributed by atoms with Crippen LogP contribution in [0.4, 0.5) is 5.69 Å². The third-order valence-electron chi connectivity index (χ3n) is 1.81. The number of benzene rings is 1. The molecule has 0 bridgehead atoms. The first-order valence-corrected chi connectivity index (χ1v) is 6.34. The van der Waals surface area contributed by atoms with Crippen LogP contribution in [-0.2, 0) is 10.8 Å². The van der Waals surface area contributed by atoms with Crippen molar-refractivity contribution in [2.45, 2.75) is 4.34 Å². The van der Waals surface area contributed by atoms with Gasteiger partial charge in [-0.2, -0.15) is 0 Å². The van der Waals surface area contributed by atoms with Crippen molar-refractivity contribution in [1.82, 2.24) is 4.98 Å². The van der Waals surface area contributed by atoms with Crippen molar-refractivity contribution in [3.8, 4) is 0 Å². The minimum Gasteiger partial charge on any atom is -0.258 e. The molecule has 1 aromatic carbocycles. The van der Waals surface area contributed by atoms with Gasteiger partial charge in [0, 0.05) is 18.4 Å². The van der Waals surface area contributed by atoms with Gasteiger partial charge in [0.15, 0.2) is 4.34 Å². The van der Waals surface area contributed by atoms with E-state index in [0.29, 0.717) is 14.6 Å². The van der Waals surface area contributed by atoms with Crippen LogP contribution in [0, 0.1) is 10.1 Å². The summed E-state index contributed by atoms with van der Waals surface area (Å²) >= 11 is 1.22. The van der Waals surface area contributed by atoms with Crippen LogP contribution in [0.15, 0.2) is 22.5 Å². The molecule has 0 unspecified atom stereocenters. The molecule has 7 heteroatoms. The van der Waals surface area contributed by atoms with Crippen molar-refractivity contribution in [3.63, 3.8) is 0 Å². The lowest BCUT2D eigenvalue weighted by atomic mass is 10.3. The second-order valence-corrected chi connectivity index (χ2v) is 5.43. The van der Waals surface area contributed by atoms with Crippen molar-refractivity contribution in [2.24, 2.45) is 0 Å². The monoisotopic (exact) mass is 242 g/mol. The lowest BCUT2D eigenvalue weighted by Crippen LogP contribution is -1.86. The highest BCUT2D eigenvalue weighted by molar-refractivity contribution is 7.86. The molecule has 0 saturated heterocycles. The number of hydrogen-bond donors (Lipinski definition) is 0. The summed E-state index contributed by atoms with van der Waals surface area (Å²) in [6.45, 7) is 0. The fourth-order valence-corrected chi connectivity index (χ4v) is 2.82. The topological polar surface area (TPSA) is 73.1 Å². The first-order valence-electron chi connectivity index (χ1n) is 3.96. The van der Waals surface area contributed by atoms with E-state index < -0.39 is 15.7 Å². The fourth-order valence-electron chi connectivity index (χ4n) is 1.13. The summed E-state index contributed by atoms with van der Waals surface area (Å²) in [6.07, 6.45) is 1.53. The minimum absolute atomic E-state index is 0.0274. The van der Waals surface area contributed by atoms with Gasteiger partial charge in [0.1, 0.15) is 0 Å². The zero-order valence-electron chi connectivity index (χ0n) is 7.67. The van der Waals surface area contributed by atoms with E-state index in [-0.39, 0.29) is 5.69 Å². The van der Waals surface area contributed by atoms with E-state index in [1.165, 1.54) is 29.7 Å². The smallest absolute Gasteiger partial charge is 0.258 e. The maximum Gasteiger partial charge on any atom is 0.270 e. The summed E-state index contributed by atoms with van der Waals surface area (Å²) in [4.78, 5) is 14.2. The maximum absolute atomic E-state index is 11.2. The second-order valence-electron chi connectivity index (χ2n) is 2.84. The van der Waals surface area contributed by atoms with Crippen molar-refractivity contribution in [3.05, 3.63) is 28.3 Å². The van der Waals surface area contributed by atoms with Crippen molar-refractivity contribution < 1.29 is 9.13 Å². The molecule has 0 radical (unpaired) electrons. The van der Waals surface area contributed by atoms with Gasteiger partial charge < -0.3 is 0 Å². The number of hydrogen-bond acceptors (Lipinski definition) is 5. The maximum atomic E-state index is 11.2. The molecule has 0 spiro atoms. The Hall–Kier alpha value is -1.34. The normalized spacial score (nSPS) is 12.9. The molecule has 2 aromatic rings. The lowest BCUT2D eigenvalue weighted by molar-refractivity contribution is -0.384. The Kier molecular flexibility index (Phi) is 2.49. The average molecular weight is 242 g/mol. The molecule has 0 fully saturated rings. The fraction of sp³-hybridized carbons (Fsp3) is 0.125. The van der Waals surface area contributed by atoms with Crippen LogP contribution in [0.2, 0.25) is 0 Å². The summed E-state index contributed by atoms with van der Waals surface area (Å²) in [7, 11) is -1.14. The quantitative estimate of drug-likeness (QED) is 0.596. The Labute approximate surface area is 91.4 Å². The molecular formula is C8H6N2O3S2. The number of nitro benzene ring substituents is 1. The van der Waals surface area contributed by atoms with E-state index in [4.69, 9.17) is 0 Å². The molecular weight excluding hydrogens is 236 g/mol. The van der Waals surface area contributed by atoms with E-state index >= 15 is 0 Å². The molecule has 2 rings (SSSR count). The highest BCUT2D eigenvalue weighted by Gasteiger charge is 2.11. The highest BCUT2D eigenvalue weighted by Crippen LogP contribution is 2.27. The van der Waals surface area contributed by atoms with Gasteiger partial charge in [-0.15, -0.1) is 11.3 Å². The Morgan fingerprint density at radius 3 is 2.87 bits per heavy atom. The highest BCUT2D eigenvalue weighted by atomic mass is 32.2. The Morgan fingerprint density at radius 1 is 1.53 bits per heavy atom. The number of non-ortho nitro benzene ring substituents is 1. The predicted octanol–water partition coefficient (Wildman–Crippen LogP) is 1.94. The van der Waals surface area contributed by atoms with Gasteiger partial charge in [0.05, 0.1) is 25.9 Å². The van der Waals surface area contributed by atoms with E-state index in [9.17, 15) is 14.3 Å². The minimum atomic E-state index is -1.14. The molecule has 0 aliphatic carbocycles. The van der Waals surface area contributed by atoms with Gasteiger partial charge in [-0.05, 0) is 6.07 Å². The van der Waals surface area contributed by atoms with E-state index in [2.05, 4.69) is 4.98 Å². The molecule has 0 amide bonds. The zero-order chi connectivity index (χ0) is 11.0. The van der Waals surface area contributed by atoms with Crippen LogP contribution in [0.1, 0.15) is 0 Å². The number of rotatable bonds is 2. The Bertz CT molecular complexity index is 552. The van der Waals surface area contributed by atoms with Crippen LogP contribution in [0.3, 0.4) is 0 Å². The first-order chi connectivity index (χ1) is 7.08. The third-order valence-corrected chi connectivity index (χ3v) is 4.16. The van der Waals surface area contributed by atoms with E-state index in [1.807, 2.05) is 0 Å². The largest absolute Gasteiger partial charge is 0.270 e. The van der Waals surface area contributed by atoms with Crippen molar-refractivity contribution in [2.75, 3.05) is 6.26 Å². The number of fused-ring (bicyclic) bond motifs is 1. The average Bonchev–Trinajstić information content (AvgIpc) is 2.59.